The fourth-order valence-electron chi connectivity index (χ4n) is 0.269. The first-order valence-corrected chi connectivity index (χ1v) is 8.35. The molecule has 0 unspecified atom stereocenters. The van der Waals surface area contributed by atoms with E-state index >= 15 is 0 Å². The Bertz CT molecular complexity index is 205. The van der Waals surface area contributed by atoms with Gasteiger partial charge in [-0.25, -0.2) is 0 Å². The van der Waals surface area contributed by atoms with Crippen molar-refractivity contribution < 1.29 is 151 Å². The summed E-state index contributed by atoms with van der Waals surface area (Å²) in [6, 6.07) is 0. The van der Waals surface area contributed by atoms with Gasteiger partial charge in [-0.15, -0.1) is 0 Å². The van der Waals surface area contributed by atoms with E-state index in [1.807, 2.05) is 0 Å². The van der Waals surface area contributed by atoms with Crippen LogP contribution >= 0.6 is 0 Å². The molecule has 20 heavy (non-hydrogen) atoms. The van der Waals surface area contributed by atoms with Crippen LogP contribution in [-0.2, 0) is 42.6 Å². The molecule has 3 saturated heterocycles. The molecule has 3 aliphatic rings. The predicted octanol–water partition coefficient (Wildman–Crippen LogP) is -8.89. The SMILES string of the molecule is [Gd+3].[Gd+3].[O-][Si]1([O-])OOO1.[O-][Si]1([O-])OOO1.[O-][Si]1([O-])OOO1. The molecule has 3 rings (SSSR count). The second-order valence-corrected chi connectivity index (χ2v) is 6.20. The zero-order chi connectivity index (χ0) is 13.9. The molecule has 0 aromatic heterocycles. The van der Waals surface area contributed by atoms with E-state index in [2.05, 4.69) is 42.6 Å². The molecule has 0 atom stereocenters. The van der Waals surface area contributed by atoms with Crippen LogP contribution in [0.2, 0.25) is 0 Å². The van der Waals surface area contributed by atoms with Crippen LogP contribution in [0.25, 0.3) is 0 Å². The van der Waals surface area contributed by atoms with Crippen molar-refractivity contribution in [3.63, 3.8) is 0 Å². The molecule has 0 aromatic carbocycles. The summed E-state index contributed by atoms with van der Waals surface area (Å²) in [5.41, 5.74) is 0. The molecule has 3 heterocycles. The maximum Gasteiger partial charge on any atom is 3.00 e. The van der Waals surface area contributed by atoms with E-state index < -0.39 is 27.1 Å². The molecule has 20 heteroatoms. The van der Waals surface area contributed by atoms with E-state index in [9.17, 15) is 28.8 Å². The minimum absolute atomic E-state index is 0. The fourth-order valence-corrected chi connectivity index (χ4v) is 0.806. The van der Waals surface area contributed by atoms with Crippen molar-refractivity contribution in [2.75, 3.05) is 0 Å². The Balaban J connectivity index is 0. The van der Waals surface area contributed by atoms with Crippen LogP contribution in [0.5, 0.6) is 0 Å². The van der Waals surface area contributed by atoms with Gasteiger partial charge < -0.3 is 28.8 Å². The van der Waals surface area contributed by atoms with Crippen LogP contribution in [0.15, 0.2) is 0 Å². The number of hydrogen-bond acceptors (Lipinski definition) is 15. The third-order valence-corrected chi connectivity index (χ3v) is 2.45. The van der Waals surface area contributed by atoms with Crippen LogP contribution in [0.1, 0.15) is 0 Å². The minimum Gasteiger partial charge on any atom is -0.824 e. The monoisotopic (exact) mass is 640 g/mol. The largest absolute Gasteiger partial charge is 3.00 e. The molecule has 0 N–H and O–H groups in total. The van der Waals surface area contributed by atoms with Crippen molar-refractivity contribution in [1.29, 1.82) is 0 Å². The Morgan fingerprint density at radius 1 is 0.400 bits per heavy atom. The quantitative estimate of drug-likeness (QED) is 0.178. The average Bonchev–Trinajstić information content (AvgIpc) is 2.13. The van der Waals surface area contributed by atoms with Gasteiger partial charge in [0.15, 0.2) is 0 Å². The Kier molecular flexibility index (Phi) is 13.1. The normalized spacial score (nSPS) is 26.1. The average molecular weight is 639 g/mol. The second-order valence-electron chi connectivity index (χ2n) is 2.20. The molecule has 3 aliphatic heterocycles. The van der Waals surface area contributed by atoms with Gasteiger partial charge in [-0.3, -0.25) is 27.5 Å². The van der Waals surface area contributed by atoms with Crippen molar-refractivity contribution in [2.45, 2.75) is 0 Å². The fraction of sp³-hybridized carbons (Fsp3) is 0. The first-order chi connectivity index (χ1) is 8.12. The van der Waals surface area contributed by atoms with Crippen LogP contribution in [0.3, 0.4) is 0 Å². The molecule has 0 bridgehead atoms. The van der Waals surface area contributed by atoms with E-state index in [0.717, 1.165) is 0 Å². The van der Waals surface area contributed by atoms with Crippen LogP contribution in [0, 0.1) is 79.9 Å². The van der Waals surface area contributed by atoms with Crippen LogP contribution in [0.4, 0.5) is 0 Å². The first kappa shape index (κ1) is 24.9. The summed E-state index contributed by atoms with van der Waals surface area (Å²) in [6.07, 6.45) is 0. The number of hydrogen-bond donors (Lipinski definition) is 0. The molecule has 3 fully saturated rings. The maximum absolute atomic E-state index is 9.57. The van der Waals surface area contributed by atoms with Gasteiger partial charge in [-0.1, -0.05) is 15.1 Å². The Hall–Kier alpha value is 2.70. The third kappa shape index (κ3) is 11.3. The molecule has 0 aliphatic carbocycles. The van der Waals surface area contributed by atoms with Crippen molar-refractivity contribution in [2.24, 2.45) is 0 Å². The van der Waals surface area contributed by atoms with Crippen molar-refractivity contribution in [3.8, 4) is 0 Å². The standard InChI is InChI=1S/2Gd.3O5Si/c;;3*1-6(2)4-3-5-6/q2*+3;3*-2. The van der Waals surface area contributed by atoms with Gasteiger partial charge in [0.25, 0.3) is 27.1 Å². The summed E-state index contributed by atoms with van der Waals surface area (Å²) in [6.45, 7) is 0. The van der Waals surface area contributed by atoms with Gasteiger partial charge >= 0.3 is 79.9 Å². The Morgan fingerprint density at radius 2 is 0.500 bits per heavy atom. The second kappa shape index (κ2) is 10.5. The predicted molar refractivity (Wildman–Crippen MR) is 27.0 cm³/mol. The van der Waals surface area contributed by atoms with Crippen LogP contribution < -0.4 is 28.8 Å². The van der Waals surface area contributed by atoms with Crippen molar-refractivity contribution >= 4 is 27.1 Å². The van der Waals surface area contributed by atoms with Gasteiger partial charge in [-0.05, 0) is 0 Å². The summed E-state index contributed by atoms with van der Waals surface area (Å²) in [5.74, 6) is 0. The molecule has 0 aromatic rings. The molecule has 0 spiro atoms. The molecule has 0 amide bonds. The van der Waals surface area contributed by atoms with E-state index in [0.29, 0.717) is 0 Å². The summed E-state index contributed by atoms with van der Waals surface area (Å²) in [7, 11) is -12.5. The summed E-state index contributed by atoms with van der Waals surface area (Å²) in [5, 5.41) is 10.1. The van der Waals surface area contributed by atoms with Gasteiger partial charge in [-0.2, -0.15) is 0 Å². The maximum atomic E-state index is 9.57. The van der Waals surface area contributed by atoms with E-state index in [-0.39, 0.29) is 79.9 Å². The Labute approximate surface area is 176 Å². The van der Waals surface area contributed by atoms with Gasteiger partial charge in [0.05, 0.1) is 0 Å². The van der Waals surface area contributed by atoms with E-state index in [1.54, 1.807) is 0 Å². The summed E-state index contributed by atoms with van der Waals surface area (Å²) >= 11 is 0. The van der Waals surface area contributed by atoms with E-state index in [1.165, 1.54) is 0 Å². The third-order valence-electron chi connectivity index (χ3n) is 0.816. The first-order valence-electron chi connectivity index (χ1n) is 3.45. The van der Waals surface area contributed by atoms with Crippen LogP contribution in [-0.4, -0.2) is 27.1 Å². The van der Waals surface area contributed by atoms with E-state index in [4.69, 9.17) is 0 Å². The number of rotatable bonds is 0. The molecule has 15 nitrogen and oxygen atoms in total. The molecule has 0 saturated carbocycles. The van der Waals surface area contributed by atoms with Gasteiger partial charge in [0.2, 0.25) is 0 Å². The zero-order valence-corrected chi connectivity index (χ0v) is 15.9. The van der Waals surface area contributed by atoms with Crippen molar-refractivity contribution in [3.05, 3.63) is 0 Å². The molecular weight excluding hydrogens is 639 g/mol. The van der Waals surface area contributed by atoms with Crippen molar-refractivity contribution in [1.82, 2.24) is 0 Å². The zero-order valence-electron chi connectivity index (χ0n) is 8.33. The van der Waals surface area contributed by atoms with Gasteiger partial charge in [0, 0.05) is 0 Å². The molecule has 2 radical (unpaired) electrons. The minimum atomic E-state index is -4.17. The smallest absolute Gasteiger partial charge is 0.824 e. The molecule has 118 valence electrons. The summed E-state index contributed by atoms with van der Waals surface area (Å²) in [4.78, 5) is 57.4. The summed E-state index contributed by atoms with van der Waals surface area (Å²) < 4.78 is 20.5. The topological polar surface area (TPSA) is 221 Å². The van der Waals surface area contributed by atoms with Gasteiger partial charge in [0.1, 0.15) is 0 Å². The Morgan fingerprint density at radius 3 is 0.500 bits per heavy atom. The molecular formula is Gd2O15Si3.